The first kappa shape index (κ1) is 13.2. The van der Waals surface area contributed by atoms with Gasteiger partial charge in [0.25, 0.3) is 0 Å². The minimum Gasteiger partial charge on any atom is -0.307 e. The number of thiazole rings is 1. The molecule has 0 atom stereocenters. The van der Waals surface area contributed by atoms with Crippen molar-refractivity contribution in [3.8, 4) is 0 Å². The topological polar surface area (TPSA) is 55.6 Å². The Balaban J connectivity index is 1.70. The van der Waals surface area contributed by atoms with Crippen LogP contribution in [0.1, 0.15) is 22.0 Å². The van der Waals surface area contributed by atoms with E-state index in [1.807, 2.05) is 31.8 Å². The molecular formula is C14H17N5S. The molecule has 0 saturated heterocycles. The minimum absolute atomic E-state index is 0.786. The summed E-state index contributed by atoms with van der Waals surface area (Å²) in [7, 11) is 1.92. The van der Waals surface area contributed by atoms with Crippen LogP contribution in [-0.2, 0) is 20.1 Å². The first-order valence-electron chi connectivity index (χ1n) is 6.53. The van der Waals surface area contributed by atoms with Gasteiger partial charge in [-0.25, -0.2) is 9.97 Å². The molecule has 0 aromatic carbocycles. The number of nitrogens with one attached hydrogen (secondary N) is 1. The smallest absolute Gasteiger partial charge is 0.157 e. The van der Waals surface area contributed by atoms with Crippen LogP contribution < -0.4 is 5.32 Å². The van der Waals surface area contributed by atoms with Gasteiger partial charge in [-0.1, -0.05) is 0 Å². The van der Waals surface area contributed by atoms with Crippen LogP contribution in [0.2, 0.25) is 0 Å². The van der Waals surface area contributed by atoms with E-state index >= 15 is 0 Å². The number of hydrogen-bond donors (Lipinski definition) is 1. The summed E-state index contributed by atoms with van der Waals surface area (Å²) in [6, 6.07) is 2.16. The Morgan fingerprint density at radius 3 is 2.90 bits per heavy atom. The molecule has 0 aliphatic carbocycles. The molecule has 0 spiro atoms. The van der Waals surface area contributed by atoms with E-state index in [0.29, 0.717) is 0 Å². The molecule has 0 saturated carbocycles. The van der Waals surface area contributed by atoms with Crippen LogP contribution in [0.15, 0.2) is 17.6 Å². The van der Waals surface area contributed by atoms with E-state index in [2.05, 4.69) is 31.8 Å². The van der Waals surface area contributed by atoms with E-state index < -0.39 is 0 Å². The molecule has 1 N–H and O–H groups in total. The van der Waals surface area contributed by atoms with Gasteiger partial charge >= 0.3 is 0 Å². The van der Waals surface area contributed by atoms with Crippen molar-refractivity contribution < 1.29 is 0 Å². The summed E-state index contributed by atoms with van der Waals surface area (Å²) in [5.41, 5.74) is 4.22. The van der Waals surface area contributed by atoms with Crippen LogP contribution in [0.5, 0.6) is 0 Å². The van der Waals surface area contributed by atoms with Crippen molar-refractivity contribution in [1.82, 2.24) is 25.1 Å². The quantitative estimate of drug-likeness (QED) is 0.800. The highest BCUT2D eigenvalue weighted by Gasteiger charge is 2.07. The number of pyridine rings is 1. The molecule has 0 aliphatic rings. The van der Waals surface area contributed by atoms with Gasteiger partial charge in [-0.3, -0.25) is 4.68 Å². The molecule has 3 aromatic rings. The van der Waals surface area contributed by atoms with E-state index in [1.54, 1.807) is 11.3 Å². The molecule has 104 valence electrons. The maximum Gasteiger partial charge on any atom is 0.157 e. The Morgan fingerprint density at radius 1 is 1.30 bits per heavy atom. The second-order valence-corrected chi connectivity index (χ2v) is 5.95. The van der Waals surface area contributed by atoms with Crippen LogP contribution in [-0.4, -0.2) is 19.7 Å². The third-order valence-electron chi connectivity index (χ3n) is 3.22. The Kier molecular flexibility index (Phi) is 3.50. The van der Waals surface area contributed by atoms with Gasteiger partial charge in [0.15, 0.2) is 5.65 Å². The predicted molar refractivity (Wildman–Crippen MR) is 80.6 cm³/mol. The lowest BCUT2D eigenvalue weighted by molar-refractivity contribution is 0.680. The average Bonchev–Trinajstić information content (AvgIpc) is 2.95. The molecule has 20 heavy (non-hydrogen) atoms. The molecule has 0 fully saturated rings. The average molecular weight is 287 g/mol. The summed E-state index contributed by atoms with van der Waals surface area (Å²) in [6.45, 7) is 5.61. The summed E-state index contributed by atoms with van der Waals surface area (Å²) >= 11 is 1.68. The van der Waals surface area contributed by atoms with Crippen LogP contribution in [0.25, 0.3) is 11.0 Å². The van der Waals surface area contributed by atoms with Crippen molar-refractivity contribution in [3.63, 3.8) is 0 Å². The van der Waals surface area contributed by atoms with Gasteiger partial charge in [0.2, 0.25) is 0 Å². The van der Waals surface area contributed by atoms with Crippen LogP contribution in [0.3, 0.4) is 0 Å². The zero-order valence-electron chi connectivity index (χ0n) is 11.8. The van der Waals surface area contributed by atoms with Crippen LogP contribution in [0.4, 0.5) is 0 Å². The molecule has 3 heterocycles. The van der Waals surface area contributed by atoms with Crippen LogP contribution >= 0.6 is 11.3 Å². The van der Waals surface area contributed by atoms with Gasteiger partial charge in [-0.2, -0.15) is 5.10 Å². The summed E-state index contributed by atoms with van der Waals surface area (Å²) in [6.07, 6.45) is 1.91. The third-order valence-corrected chi connectivity index (χ3v) is 4.04. The Labute approximate surface area is 121 Å². The van der Waals surface area contributed by atoms with Gasteiger partial charge < -0.3 is 5.32 Å². The molecular weight excluding hydrogens is 270 g/mol. The first-order chi connectivity index (χ1) is 9.63. The van der Waals surface area contributed by atoms with Gasteiger partial charge in [-0.15, -0.1) is 11.3 Å². The van der Waals surface area contributed by atoms with Gasteiger partial charge in [-0.05, 0) is 25.5 Å². The fourth-order valence-electron chi connectivity index (χ4n) is 2.27. The van der Waals surface area contributed by atoms with Crippen molar-refractivity contribution >= 4 is 22.4 Å². The predicted octanol–water partition coefficient (Wildman–Crippen LogP) is 2.33. The standard InChI is InChI=1S/C14H17N5S/c1-9-13-4-11(6-16-14(13)19(3)18-9)5-15-7-12-8-20-10(2)17-12/h4,6,8,15H,5,7H2,1-3H3. The SMILES string of the molecule is Cc1nc(CNCc2cnc3c(c2)c(C)nn3C)cs1. The number of nitrogens with zero attached hydrogens (tertiary/aromatic N) is 4. The van der Waals surface area contributed by atoms with E-state index in [-0.39, 0.29) is 0 Å². The molecule has 0 unspecified atom stereocenters. The summed E-state index contributed by atoms with van der Waals surface area (Å²) in [5, 5.41) is 12.1. The molecule has 3 aromatic heterocycles. The first-order valence-corrected chi connectivity index (χ1v) is 7.41. The lowest BCUT2D eigenvalue weighted by atomic mass is 10.2. The number of hydrogen-bond acceptors (Lipinski definition) is 5. The minimum atomic E-state index is 0.786. The fraction of sp³-hybridized carbons (Fsp3) is 0.357. The van der Waals surface area contributed by atoms with Crippen molar-refractivity contribution in [3.05, 3.63) is 39.6 Å². The molecule has 5 nitrogen and oxygen atoms in total. The van der Waals surface area contributed by atoms with Gasteiger partial charge in [0.05, 0.1) is 16.4 Å². The van der Waals surface area contributed by atoms with E-state index in [9.17, 15) is 0 Å². The Morgan fingerprint density at radius 2 is 2.15 bits per heavy atom. The highest BCUT2D eigenvalue weighted by atomic mass is 32.1. The second-order valence-electron chi connectivity index (χ2n) is 4.89. The second kappa shape index (κ2) is 5.30. The zero-order valence-corrected chi connectivity index (χ0v) is 12.7. The maximum atomic E-state index is 4.48. The van der Waals surface area contributed by atoms with Crippen LogP contribution in [0, 0.1) is 13.8 Å². The molecule has 0 radical (unpaired) electrons. The molecule has 0 aliphatic heterocycles. The largest absolute Gasteiger partial charge is 0.307 e. The highest BCUT2D eigenvalue weighted by Crippen LogP contribution is 2.16. The summed E-state index contributed by atoms with van der Waals surface area (Å²) in [5.74, 6) is 0. The van der Waals surface area contributed by atoms with Gasteiger partial charge in [0.1, 0.15) is 0 Å². The lowest BCUT2D eigenvalue weighted by Gasteiger charge is -2.03. The van der Waals surface area contributed by atoms with Crippen molar-refractivity contribution in [1.29, 1.82) is 0 Å². The highest BCUT2D eigenvalue weighted by molar-refractivity contribution is 7.09. The fourth-order valence-corrected chi connectivity index (χ4v) is 2.88. The monoisotopic (exact) mass is 287 g/mol. The van der Waals surface area contributed by atoms with E-state index in [4.69, 9.17) is 0 Å². The molecule has 0 bridgehead atoms. The van der Waals surface area contributed by atoms with Crippen molar-refractivity contribution in [2.45, 2.75) is 26.9 Å². The molecule has 6 heteroatoms. The number of aromatic nitrogens is 4. The number of fused-ring (bicyclic) bond motifs is 1. The third kappa shape index (κ3) is 2.57. The van der Waals surface area contributed by atoms with Gasteiger partial charge in [0, 0.05) is 37.1 Å². The molecule has 3 rings (SSSR count). The number of aryl methyl sites for hydroxylation is 3. The van der Waals surface area contributed by atoms with E-state index in [0.717, 1.165) is 40.5 Å². The lowest BCUT2D eigenvalue weighted by Crippen LogP contribution is -2.13. The Bertz CT molecular complexity index is 743. The zero-order chi connectivity index (χ0) is 14.1. The number of rotatable bonds is 4. The summed E-state index contributed by atoms with van der Waals surface area (Å²) in [4.78, 5) is 8.91. The Hall–Kier alpha value is -1.79. The van der Waals surface area contributed by atoms with E-state index in [1.165, 1.54) is 5.56 Å². The normalized spacial score (nSPS) is 11.3. The maximum absolute atomic E-state index is 4.48. The summed E-state index contributed by atoms with van der Waals surface area (Å²) < 4.78 is 1.82. The van der Waals surface area contributed by atoms with Crippen molar-refractivity contribution in [2.24, 2.45) is 7.05 Å². The van der Waals surface area contributed by atoms with Crippen molar-refractivity contribution in [2.75, 3.05) is 0 Å². The molecule has 0 amide bonds.